The zero-order valence-corrected chi connectivity index (χ0v) is 23.9. The number of carbonyl (C=O) groups is 2. The molecule has 210 valence electrons. The number of ether oxygens (including phenoxy) is 4. The molecule has 3 aromatic carbocycles. The van der Waals surface area contributed by atoms with E-state index in [4.69, 9.17) is 18.9 Å². The van der Waals surface area contributed by atoms with Crippen LogP contribution in [-0.4, -0.2) is 73.6 Å². The summed E-state index contributed by atoms with van der Waals surface area (Å²) in [4.78, 5) is 42.6. The third-order valence-corrected chi connectivity index (χ3v) is 7.35. The van der Waals surface area contributed by atoms with Gasteiger partial charge in [0.1, 0.15) is 17.1 Å². The van der Waals surface area contributed by atoms with Crippen molar-refractivity contribution in [2.75, 3.05) is 35.3 Å². The number of rotatable bonds is 3. The van der Waals surface area contributed by atoms with Crippen LogP contribution in [0.1, 0.15) is 25.5 Å². The number of amides is 2. The third kappa shape index (κ3) is 4.14. The largest absolute Gasteiger partial charge is 0.496 e. The molecule has 0 bridgehead atoms. The van der Waals surface area contributed by atoms with Crippen LogP contribution in [0.4, 0.5) is 9.59 Å². The average molecular weight is 548 g/mol. The number of pyridine rings is 1. The summed E-state index contributed by atoms with van der Waals surface area (Å²) < 4.78 is 25.9. The van der Waals surface area contributed by atoms with E-state index in [1.165, 1.54) is 16.9 Å². The summed E-state index contributed by atoms with van der Waals surface area (Å²) in [5, 5.41) is 2.59. The Labute approximate surface area is 231 Å². The van der Waals surface area contributed by atoms with Crippen molar-refractivity contribution in [2.45, 2.75) is 31.7 Å². The molecule has 4 aromatic rings. The van der Waals surface area contributed by atoms with Crippen LogP contribution >= 0.6 is 0 Å². The molecular weight excluding hydrogens is 514 g/mol. The summed E-state index contributed by atoms with van der Waals surface area (Å²) in [5.74, 6) is 0.680. The van der Waals surface area contributed by atoms with Crippen molar-refractivity contribution < 1.29 is 28.5 Å². The van der Waals surface area contributed by atoms with Gasteiger partial charge in [-0.05, 0) is 30.7 Å². The van der Waals surface area contributed by atoms with Crippen molar-refractivity contribution in [1.29, 1.82) is 0 Å². The molecule has 0 saturated carbocycles. The van der Waals surface area contributed by atoms with Crippen LogP contribution in [0.2, 0.25) is 0 Å². The van der Waals surface area contributed by atoms with E-state index in [0.29, 0.717) is 38.9 Å². The molecule has 1 aromatic heterocycles. The first-order valence-electron chi connectivity index (χ1n) is 12.9. The molecule has 0 radical (unpaired) electrons. The number of fused-ring (bicyclic) bond motifs is 6. The van der Waals surface area contributed by atoms with Gasteiger partial charge in [-0.25, -0.2) is 9.59 Å². The van der Waals surface area contributed by atoms with E-state index in [1.54, 1.807) is 48.1 Å². The number of methoxy groups -OCH3 is 1. The molecule has 2 amide bonds. The van der Waals surface area contributed by atoms with Crippen molar-refractivity contribution in [1.82, 2.24) is 14.4 Å². The van der Waals surface area contributed by atoms with Crippen LogP contribution in [0.3, 0.4) is 0 Å². The Morgan fingerprint density at radius 1 is 0.950 bits per heavy atom. The van der Waals surface area contributed by atoms with Gasteiger partial charge in [-0.1, -0.05) is 30.3 Å². The van der Waals surface area contributed by atoms with Crippen LogP contribution in [-0.2, 0) is 16.5 Å². The van der Waals surface area contributed by atoms with Crippen molar-refractivity contribution >= 4 is 44.8 Å². The molecule has 1 aliphatic rings. The van der Waals surface area contributed by atoms with Gasteiger partial charge in [0, 0.05) is 41.3 Å². The summed E-state index contributed by atoms with van der Waals surface area (Å²) >= 11 is 0. The maximum absolute atomic E-state index is 14.3. The Morgan fingerprint density at radius 2 is 1.60 bits per heavy atom. The lowest BCUT2D eigenvalue weighted by atomic mass is 9.86. The molecular formula is C30H33N3O7. The topological polar surface area (TPSA) is 99.5 Å². The van der Waals surface area contributed by atoms with E-state index in [9.17, 15) is 14.4 Å². The van der Waals surface area contributed by atoms with Gasteiger partial charge < -0.3 is 33.3 Å². The molecule has 0 saturated heterocycles. The van der Waals surface area contributed by atoms with E-state index in [1.807, 2.05) is 48.0 Å². The van der Waals surface area contributed by atoms with Gasteiger partial charge in [0.15, 0.2) is 12.2 Å². The minimum atomic E-state index is -1.11. The lowest BCUT2D eigenvalue weighted by molar-refractivity contribution is -0.122. The minimum absolute atomic E-state index is 0.232. The fourth-order valence-corrected chi connectivity index (χ4v) is 5.36. The highest BCUT2D eigenvalue weighted by molar-refractivity contribution is 6.11. The Morgan fingerprint density at radius 3 is 2.25 bits per heavy atom. The normalized spacial score (nSPS) is 17.7. The van der Waals surface area contributed by atoms with Gasteiger partial charge in [0.2, 0.25) is 5.43 Å². The second-order valence-corrected chi connectivity index (χ2v) is 10.9. The number of hydrogen-bond acceptors (Lipinski definition) is 7. The Kier molecular flexibility index (Phi) is 6.52. The SMILES string of the molecule is COc1cc2c(c3c1c(=O)c1c4ccccc4ccc1n3C)[C@@H](OC(=O)N(C)C)[C@@H](OC(=O)N(C)C)C(C)(C)O2. The lowest BCUT2D eigenvalue weighted by Crippen LogP contribution is -2.53. The van der Waals surface area contributed by atoms with Gasteiger partial charge in [0.25, 0.3) is 0 Å². The van der Waals surface area contributed by atoms with Crippen molar-refractivity contribution in [3.63, 3.8) is 0 Å². The lowest BCUT2D eigenvalue weighted by Gasteiger charge is -2.44. The van der Waals surface area contributed by atoms with E-state index in [2.05, 4.69) is 0 Å². The number of benzene rings is 3. The molecule has 2 heterocycles. The predicted molar refractivity (Wildman–Crippen MR) is 152 cm³/mol. The third-order valence-electron chi connectivity index (χ3n) is 7.35. The second kappa shape index (κ2) is 9.62. The standard InChI is InChI=1S/C30H33N3O7/c1-30(2)27(39-29(36)32(5)6)26(38-28(35)31(3)4)23-20(40-30)15-19(37-8)22-24(23)33(7)18-14-13-16-11-9-10-12-17(16)21(18)25(22)34/h9-15,26-27H,1-8H3/t26-,27-/m1/s1. The van der Waals surface area contributed by atoms with E-state index < -0.39 is 30.0 Å². The summed E-state index contributed by atoms with van der Waals surface area (Å²) in [6.07, 6.45) is -3.41. The van der Waals surface area contributed by atoms with Gasteiger partial charge in [-0.15, -0.1) is 0 Å². The molecule has 0 fully saturated rings. The van der Waals surface area contributed by atoms with Crippen LogP contribution in [0.5, 0.6) is 11.5 Å². The van der Waals surface area contributed by atoms with E-state index >= 15 is 0 Å². The second-order valence-electron chi connectivity index (χ2n) is 10.9. The average Bonchev–Trinajstić information content (AvgIpc) is 2.91. The number of nitrogens with zero attached hydrogens (tertiary/aromatic N) is 3. The highest BCUT2D eigenvalue weighted by Crippen LogP contribution is 2.49. The predicted octanol–water partition coefficient (Wildman–Crippen LogP) is 4.83. The van der Waals surface area contributed by atoms with Gasteiger partial charge in [-0.2, -0.15) is 0 Å². The van der Waals surface area contributed by atoms with Crippen LogP contribution < -0.4 is 14.9 Å². The summed E-state index contributed by atoms with van der Waals surface area (Å²) in [7, 11) is 9.59. The van der Waals surface area contributed by atoms with Crippen LogP contribution in [0.25, 0.3) is 32.6 Å². The Balaban J connectivity index is 1.92. The fraction of sp³-hybridized carbons (Fsp3) is 0.367. The summed E-state index contributed by atoms with van der Waals surface area (Å²) in [6, 6.07) is 13.2. The molecule has 40 heavy (non-hydrogen) atoms. The number of aryl methyl sites for hydroxylation is 1. The van der Waals surface area contributed by atoms with Crippen molar-refractivity contribution in [3.05, 3.63) is 58.3 Å². The Bertz CT molecular complexity index is 1740. The van der Waals surface area contributed by atoms with Gasteiger partial charge in [0.05, 0.1) is 34.5 Å². The molecule has 0 aliphatic carbocycles. The van der Waals surface area contributed by atoms with Crippen LogP contribution in [0.15, 0.2) is 47.3 Å². The zero-order chi connectivity index (χ0) is 29.1. The van der Waals surface area contributed by atoms with E-state index in [-0.39, 0.29) is 5.43 Å². The molecule has 1 aliphatic heterocycles. The fourth-order valence-electron chi connectivity index (χ4n) is 5.36. The highest BCUT2D eigenvalue weighted by Gasteiger charge is 2.51. The monoisotopic (exact) mass is 547 g/mol. The highest BCUT2D eigenvalue weighted by atomic mass is 16.6. The van der Waals surface area contributed by atoms with E-state index in [0.717, 1.165) is 10.8 Å². The number of aromatic nitrogens is 1. The Hall–Kier alpha value is -4.47. The van der Waals surface area contributed by atoms with Gasteiger partial charge >= 0.3 is 12.2 Å². The maximum atomic E-state index is 14.3. The summed E-state index contributed by atoms with van der Waals surface area (Å²) in [5.41, 5.74) is 0.206. The molecule has 10 nitrogen and oxygen atoms in total. The first-order valence-corrected chi connectivity index (χ1v) is 12.9. The molecule has 2 atom stereocenters. The molecule has 5 rings (SSSR count). The smallest absolute Gasteiger partial charge is 0.409 e. The van der Waals surface area contributed by atoms with Crippen LogP contribution in [0, 0.1) is 0 Å². The van der Waals surface area contributed by atoms with Crippen molar-refractivity contribution in [2.24, 2.45) is 7.05 Å². The molecule has 10 heteroatoms. The first kappa shape index (κ1) is 27.1. The van der Waals surface area contributed by atoms with Crippen molar-refractivity contribution in [3.8, 4) is 11.5 Å². The molecule has 0 unspecified atom stereocenters. The molecule has 0 spiro atoms. The first-order chi connectivity index (χ1) is 18.9. The quantitative estimate of drug-likeness (QED) is 0.268. The minimum Gasteiger partial charge on any atom is -0.496 e. The number of hydrogen-bond donors (Lipinski definition) is 0. The molecule has 0 N–H and O–H groups in total. The number of carbonyl (C=O) groups excluding carboxylic acids is 2. The summed E-state index contributed by atoms with van der Waals surface area (Å²) in [6.45, 7) is 3.50. The van der Waals surface area contributed by atoms with Gasteiger partial charge in [-0.3, -0.25) is 4.79 Å². The maximum Gasteiger partial charge on any atom is 0.409 e. The zero-order valence-electron chi connectivity index (χ0n) is 23.9.